The van der Waals surface area contributed by atoms with Crippen LogP contribution < -0.4 is 4.74 Å². The molecule has 38 heavy (non-hydrogen) atoms. The summed E-state index contributed by atoms with van der Waals surface area (Å²) in [6, 6.07) is 14.3. The lowest BCUT2D eigenvalue weighted by molar-refractivity contribution is -0.114. The van der Waals surface area contributed by atoms with E-state index in [9.17, 15) is 4.79 Å². The van der Waals surface area contributed by atoms with Crippen LogP contribution in [0, 0.1) is 25.2 Å². The van der Waals surface area contributed by atoms with E-state index in [1.807, 2.05) is 24.4 Å². The van der Waals surface area contributed by atoms with E-state index < -0.39 is 0 Å². The highest BCUT2D eigenvalue weighted by molar-refractivity contribution is 8.27. The summed E-state index contributed by atoms with van der Waals surface area (Å²) in [6.45, 7) is 5.29. The molecule has 0 saturated heterocycles. The van der Waals surface area contributed by atoms with Crippen LogP contribution in [-0.2, 0) is 11.3 Å². The van der Waals surface area contributed by atoms with E-state index in [0.717, 1.165) is 45.7 Å². The summed E-state index contributed by atoms with van der Waals surface area (Å²) >= 11 is 1.45. The zero-order chi connectivity index (χ0) is 26.2. The number of aryl methyl sites for hydroxylation is 2. The van der Waals surface area contributed by atoms with Crippen molar-refractivity contribution >= 4 is 50.7 Å². The average Bonchev–Trinajstić information content (AvgIpc) is 3.51. The number of nitrogens with one attached hydrogen (secondary N) is 1. The number of hydrogen-bond donors (Lipinski definition) is 1. The number of hydrogen-bond acceptors (Lipinski definition) is 5. The second-order valence-corrected chi connectivity index (χ2v) is 11.2. The van der Waals surface area contributed by atoms with E-state index in [2.05, 4.69) is 47.7 Å². The van der Waals surface area contributed by atoms with Gasteiger partial charge in [0.1, 0.15) is 17.4 Å². The van der Waals surface area contributed by atoms with Crippen LogP contribution in [0.5, 0.6) is 5.75 Å². The summed E-state index contributed by atoms with van der Waals surface area (Å²) < 4.78 is 8.25. The standard InChI is InChI=1S/C30H31N5O2S/c1-19-12-13-20(2)26(16-19)37-15-14-34-18-22(23-10-6-7-11-25(23)34)17-24-27(31)35-30(32-28(24)36)38-29(33-35)21-8-4-3-5-9-21/h6-7,10-13,16-18,21,31H,3-5,8-9,14-15H2,1-2H3/b24-17+,31-27?. The maximum Gasteiger partial charge on any atom is 0.283 e. The van der Waals surface area contributed by atoms with Gasteiger partial charge in [-0.2, -0.15) is 15.1 Å². The van der Waals surface area contributed by atoms with Crippen LogP contribution in [0.2, 0.25) is 0 Å². The molecule has 1 saturated carbocycles. The number of thioether (sulfide) groups is 1. The van der Waals surface area contributed by atoms with Gasteiger partial charge >= 0.3 is 0 Å². The third-order valence-electron chi connectivity index (χ3n) is 7.48. The highest BCUT2D eigenvalue weighted by Crippen LogP contribution is 2.36. The Morgan fingerprint density at radius 2 is 1.95 bits per heavy atom. The zero-order valence-electron chi connectivity index (χ0n) is 21.7. The number of aromatic nitrogens is 1. The molecule has 1 fully saturated rings. The van der Waals surface area contributed by atoms with Crippen molar-refractivity contribution in [2.45, 2.75) is 52.5 Å². The van der Waals surface area contributed by atoms with Crippen molar-refractivity contribution in [1.82, 2.24) is 9.58 Å². The number of hydrazone groups is 1. The molecule has 0 radical (unpaired) electrons. The van der Waals surface area contributed by atoms with Crippen molar-refractivity contribution in [2.24, 2.45) is 16.0 Å². The number of benzene rings is 2. The van der Waals surface area contributed by atoms with Crippen LogP contribution in [0.15, 0.2) is 64.3 Å². The van der Waals surface area contributed by atoms with Crippen LogP contribution in [0.3, 0.4) is 0 Å². The maximum absolute atomic E-state index is 13.1. The Labute approximate surface area is 226 Å². The average molecular weight is 526 g/mol. The first-order valence-electron chi connectivity index (χ1n) is 13.3. The molecule has 1 aliphatic carbocycles. The molecule has 3 aliphatic rings. The maximum atomic E-state index is 13.1. The van der Waals surface area contributed by atoms with Crippen LogP contribution in [0.4, 0.5) is 0 Å². The molecule has 3 aromatic rings. The summed E-state index contributed by atoms with van der Waals surface area (Å²) in [5.74, 6) is 1.01. The number of nitrogens with zero attached hydrogens (tertiary/aromatic N) is 4. The third-order valence-corrected chi connectivity index (χ3v) is 8.55. The Hall–Kier alpha value is -3.65. The quantitative estimate of drug-likeness (QED) is 0.371. The van der Waals surface area contributed by atoms with Crippen LogP contribution in [0.25, 0.3) is 17.0 Å². The van der Waals surface area contributed by atoms with Gasteiger partial charge in [-0.3, -0.25) is 10.2 Å². The van der Waals surface area contributed by atoms with Gasteiger partial charge in [0.25, 0.3) is 5.91 Å². The number of carbonyl (C=O) groups is 1. The number of rotatable bonds is 6. The lowest BCUT2D eigenvalue weighted by atomic mass is 9.90. The van der Waals surface area contributed by atoms with Gasteiger partial charge in [-0.05, 0) is 67.8 Å². The van der Waals surface area contributed by atoms with Gasteiger partial charge in [-0.1, -0.05) is 49.6 Å². The fourth-order valence-corrected chi connectivity index (χ4v) is 6.43. The Bertz CT molecular complexity index is 1530. The largest absolute Gasteiger partial charge is 0.491 e. The van der Waals surface area contributed by atoms with Gasteiger partial charge in [0.05, 0.1) is 12.1 Å². The van der Waals surface area contributed by atoms with Gasteiger partial charge in [-0.15, -0.1) is 0 Å². The second-order valence-electron chi connectivity index (χ2n) is 10.2. The molecule has 0 bridgehead atoms. The first-order valence-corrected chi connectivity index (χ1v) is 14.1. The fraction of sp³-hybridized carbons (Fsp3) is 0.333. The predicted molar refractivity (Wildman–Crippen MR) is 155 cm³/mol. The second kappa shape index (κ2) is 10.3. The fourth-order valence-electron chi connectivity index (χ4n) is 5.37. The molecule has 194 valence electrons. The van der Waals surface area contributed by atoms with E-state index in [0.29, 0.717) is 24.2 Å². The normalized spacial score (nSPS) is 19.2. The van der Waals surface area contributed by atoms with Crippen molar-refractivity contribution in [3.63, 3.8) is 0 Å². The molecule has 7 nitrogen and oxygen atoms in total. The number of carbonyl (C=O) groups excluding carboxylic acids is 1. The van der Waals surface area contributed by atoms with Crippen molar-refractivity contribution in [2.75, 3.05) is 6.61 Å². The number of amides is 1. The molecule has 0 atom stereocenters. The first kappa shape index (κ1) is 24.7. The summed E-state index contributed by atoms with van der Waals surface area (Å²) in [4.78, 5) is 17.4. The van der Waals surface area contributed by atoms with Gasteiger partial charge in [0, 0.05) is 28.6 Å². The number of fused-ring (bicyclic) bond motifs is 2. The van der Waals surface area contributed by atoms with Crippen molar-refractivity contribution in [1.29, 1.82) is 5.41 Å². The summed E-state index contributed by atoms with van der Waals surface area (Å²) in [6.07, 6.45) is 9.72. The number of ether oxygens (including phenoxy) is 1. The van der Waals surface area contributed by atoms with Gasteiger partial charge in [0.15, 0.2) is 5.84 Å². The molecule has 0 unspecified atom stereocenters. The Balaban J connectivity index is 1.26. The molecular weight excluding hydrogens is 494 g/mol. The van der Waals surface area contributed by atoms with Crippen LogP contribution >= 0.6 is 11.8 Å². The summed E-state index contributed by atoms with van der Waals surface area (Å²) in [5, 5.41) is 17.6. The number of amidine groups is 2. The van der Waals surface area contributed by atoms with Crippen LogP contribution in [-0.4, -0.2) is 38.1 Å². The topological polar surface area (TPSA) is 83.0 Å². The molecule has 2 aromatic carbocycles. The Morgan fingerprint density at radius 3 is 2.79 bits per heavy atom. The van der Waals surface area contributed by atoms with E-state index >= 15 is 0 Å². The van der Waals surface area contributed by atoms with Gasteiger partial charge in [-0.25, -0.2) is 0 Å². The minimum absolute atomic E-state index is 0.0911. The molecule has 1 amide bonds. The SMILES string of the molecule is Cc1ccc(C)c(OCCn2cc(/C=C3\C(=N)N4N=C(C5CCCCC5)SC4=NC3=O)c3ccccc32)c1. The molecule has 0 spiro atoms. The molecular formula is C30H31N5O2S. The first-order chi connectivity index (χ1) is 18.5. The monoisotopic (exact) mass is 525 g/mol. The van der Waals surface area contributed by atoms with Gasteiger partial charge in [0.2, 0.25) is 5.17 Å². The molecule has 8 heteroatoms. The highest BCUT2D eigenvalue weighted by atomic mass is 32.2. The molecule has 3 heterocycles. The zero-order valence-corrected chi connectivity index (χ0v) is 22.6. The van der Waals surface area contributed by atoms with Gasteiger partial charge < -0.3 is 9.30 Å². The van der Waals surface area contributed by atoms with Crippen LogP contribution in [0.1, 0.15) is 48.8 Å². The summed E-state index contributed by atoms with van der Waals surface area (Å²) in [5.41, 5.74) is 4.47. The smallest absolute Gasteiger partial charge is 0.283 e. The Morgan fingerprint density at radius 1 is 1.13 bits per heavy atom. The lowest BCUT2D eigenvalue weighted by Gasteiger charge is -2.20. The van der Waals surface area contributed by atoms with Crippen molar-refractivity contribution in [3.05, 3.63) is 70.9 Å². The lowest BCUT2D eigenvalue weighted by Crippen LogP contribution is -2.35. The van der Waals surface area contributed by atoms with E-state index in [-0.39, 0.29) is 17.3 Å². The summed E-state index contributed by atoms with van der Waals surface area (Å²) in [7, 11) is 0. The molecule has 1 N–H and O–H groups in total. The number of para-hydroxylation sites is 1. The minimum Gasteiger partial charge on any atom is -0.491 e. The van der Waals surface area contributed by atoms with Crippen molar-refractivity contribution in [3.8, 4) is 5.75 Å². The minimum atomic E-state index is -0.385. The third kappa shape index (κ3) is 4.69. The molecule has 2 aliphatic heterocycles. The van der Waals surface area contributed by atoms with E-state index in [1.165, 1.54) is 36.6 Å². The highest BCUT2D eigenvalue weighted by Gasteiger charge is 2.38. The van der Waals surface area contributed by atoms with E-state index in [1.54, 1.807) is 11.1 Å². The molecule has 6 rings (SSSR count). The van der Waals surface area contributed by atoms with E-state index in [4.69, 9.17) is 15.2 Å². The number of aliphatic imine (C=N–C) groups is 1. The Kier molecular flexibility index (Phi) is 6.66. The molecule has 1 aromatic heterocycles. The predicted octanol–water partition coefficient (Wildman–Crippen LogP) is 6.54. The van der Waals surface area contributed by atoms with Crippen molar-refractivity contribution < 1.29 is 9.53 Å².